The normalized spacial score (nSPS) is 12.1. The molecule has 3 heterocycles. The average Bonchev–Trinajstić information content (AvgIpc) is 3.80. The lowest BCUT2D eigenvalue weighted by molar-refractivity contribution is 0.669. The molecule has 0 saturated heterocycles. The molecule has 0 bridgehead atoms. The maximum atomic E-state index is 6.34. The highest BCUT2D eigenvalue weighted by Gasteiger charge is 2.18. The number of hydrogen-bond acceptors (Lipinski definition) is 5. The molecule has 0 spiro atoms. The smallest absolute Gasteiger partial charge is 0.164 e. The van der Waals surface area contributed by atoms with Crippen LogP contribution in [0.4, 0.5) is 0 Å². The van der Waals surface area contributed by atoms with Crippen LogP contribution in [0, 0.1) is 0 Å². The lowest BCUT2D eigenvalue weighted by Gasteiger charge is -2.12. The number of benzene rings is 9. The van der Waals surface area contributed by atoms with Gasteiger partial charge in [0, 0.05) is 47.6 Å². The summed E-state index contributed by atoms with van der Waals surface area (Å²) in [5, 5.41) is 14.1. The molecular weight excluding hydrogens is 679 g/mol. The van der Waals surface area contributed by atoms with E-state index in [4.69, 9.17) is 19.4 Å². The Labute approximate surface area is 312 Å². The first-order chi connectivity index (χ1) is 26.7. The van der Waals surface area contributed by atoms with Crippen molar-refractivity contribution in [2.45, 2.75) is 0 Å². The van der Waals surface area contributed by atoms with E-state index >= 15 is 0 Å². The standard InChI is InChI=1S/C49H27N3OS/c1-2-9-30-24-33(21-16-28(30)8-1)47-50-48(52-49(51-47)38-12-7-15-44-46(38)37-11-4-6-14-43(37)54-44)34-22-23-35-31(25-34)19-17-29-18-20-32-26-40-36-10-3-5-13-41(36)53-42(40)27-39(32)45(29)35/h1-27H. The van der Waals surface area contributed by atoms with Crippen molar-refractivity contribution in [2.75, 3.05) is 0 Å². The van der Waals surface area contributed by atoms with Gasteiger partial charge in [0.25, 0.3) is 0 Å². The molecule has 0 atom stereocenters. The van der Waals surface area contributed by atoms with Crippen LogP contribution in [0.1, 0.15) is 0 Å². The molecule has 0 unspecified atom stereocenters. The Kier molecular flexibility index (Phi) is 6.18. The zero-order valence-corrected chi connectivity index (χ0v) is 29.6. The van der Waals surface area contributed by atoms with Crippen molar-refractivity contribution in [1.82, 2.24) is 15.0 Å². The maximum absolute atomic E-state index is 6.34. The molecule has 0 fully saturated rings. The molecule has 12 aromatic rings. The van der Waals surface area contributed by atoms with Gasteiger partial charge in [-0.3, -0.25) is 0 Å². The predicted octanol–water partition coefficient (Wildman–Crippen LogP) is 13.8. The van der Waals surface area contributed by atoms with Crippen LogP contribution in [0.25, 0.3) is 119 Å². The van der Waals surface area contributed by atoms with E-state index in [1.54, 1.807) is 11.3 Å². The first-order valence-electron chi connectivity index (χ1n) is 18.1. The Bertz CT molecular complexity index is 3520. The van der Waals surface area contributed by atoms with Crippen LogP contribution in [0.3, 0.4) is 0 Å². The molecule has 5 heteroatoms. The van der Waals surface area contributed by atoms with Crippen LogP contribution >= 0.6 is 11.3 Å². The molecule has 0 aliphatic heterocycles. The minimum atomic E-state index is 0.642. The molecule has 12 rings (SSSR count). The highest BCUT2D eigenvalue weighted by atomic mass is 32.1. The zero-order chi connectivity index (χ0) is 35.3. The molecule has 0 N–H and O–H groups in total. The van der Waals surface area contributed by atoms with Gasteiger partial charge < -0.3 is 4.42 Å². The van der Waals surface area contributed by atoms with Gasteiger partial charge in [-0.2, -0.15) is 0 Å². The quantitative estimate of drug-likeness (QED) is 0.172. The number of fused-ring (bicyclic) bond motifs is 12. The Balaban J connectivity index is 1.08. The molecule has 0 aliphatic rings. The third kappa shape index (κ3) is 4.46. The van der Waals surface area contributed by atoms with Gasteiger partial charge in [0.1, 0.15) is 11.2 Å². The van der Waals surface area contributed by atoms with Crippen molar-refractivity contribution in [3.8, 4) is 34.2 Å². The van der Waals surface area contributed by atoms with E-state index in [-0.39, 0.29) is 0 Å². The second-order valence-electron chi connectivity index (χ2n) is 14.0. The molecule has 0 radical (unpaired) electrons. The molecule has 0 aliphatic carbocycles. The Hall–Kier alpha value is -6.95. The van der Waals surface area contributed by atoms with Gasteiger partial charge in [-0.15, -0.1) is 11.3 Å². The Morgan fingerprint density at radius 1 is 0.352 bits per heavy atom. The van der Waals surface area contributed by atoms with E-state index in [0.717, 1.165) is 49.4 Å². The number of thiophene rings is 1. The van der Waals surface area contributed by atoms with Gasteiger partial charge in [-0.25, -0.2) is 15.0 Å². The van der Waals surface area contributed by atoms with Crippen LogP contribution in [0.15, 0.2) is 168 Å². The lowest BCUT2D eigenvalue weighted by Crippen LogP contribution is -2.00. The fourth-order valence-electron chi connectivity index (χ4n) is 8.29. The summed E-state index contributed by atoms with van der Waals surface area (Å²) < 4.78 is 8.81. The van der Waals surface area contributed by atoms with Crippen LogP contribution in [-0.2, 0) is 0 Å². The topological polar surface area (TPSA) is 51.8 Å². The average molecular weight is 706 g/mol. The predicted molar refractivity (Wildman–Crippen MR) is 226 cm³/mol. The molecule has 4 nitrogen and oxygen atoms in total. The van der Waals surface area contributed by atoms with Crippen molar-refractivity contribution >= 4 is 96.5 Å². The van der Waals surface area contributed by atoms with Crippen molar-refractivity contribution in [3.63, 3.8) is 0 Å². The van der Waals surface area contributed by atoms with Gasteiger partial charge in [-0.1, -0.05) is 121 Å². The van der Waals surface area contributed by atoms with Crippen molar-refractivity contribution in [2.24, 2.45) is 0 Å². The molecule has 250 valence electrons. The van der Waals surface area contributed by atoms with Crippen molar-refractivity contribution in [3.05, 3.63) is 164 Å². The van der Waals surface area contributed by atoms with Gasteiger partial charge in [0.15, 0.2) is 17.5 Å². The molecule has 0 saturated carbocycles. The number of para-hydroxylation sites is 1. The Morgan fingerprint density at radius 2 is 1.00 bits per heavy atom. The third-order valence-corrected chi connectivity index (χ3v) is 12.0. The second kappa shape index (κ2) is 11.3. The minimum absolute atomic E-state index is 0.642. The summed E-state index contributed by atoms with van der Waals surface area (Å²) in [4.78, 5) is 15.6. The van der Waals surface area contributed by atoms with Gasteiger partial charge in [0.05, 0.1) is 0 Å². The van der Waals surface area contributed by atoms with Crippen molar-refractivity contribution in [1.29, 1.82) is 0 Å². The fourth-order valence-corrected chi connectivity index (χ4v) is 9.42. The highest BCUT2D eigenvalue weighted by molar-refractivity contribution is 7.25. The van der Waals surface area contributed by atoms with Crippen molar-refractivity contribution < 1.29 is 4.42 Å². The third-order valence-electron chi connectivity index (χ3n) is 10.9. The first-order valence-corrected chi connectivity index (χ1v) is 18.9. The number of rotatable bonds is 3. The summed E-state index contributed by atoms with van der Waals surface area (Å²) in [5.74, 6) is 1.96. The fraction of sp³-hybridized carbons (Fsp3) is 0. The highest BCUT2D eigenvalue weighted by Crippen LogP contribution is 2.41. The Morgan fingerprint density at radius 3 is 1.87 bits per heavy atom. The molecular formula is C49H27N3OS. The molecule has 3 aromatic heterocycles. The summed E-state index contributed by atoms with van der Waals surface area (Å²) >= 11 is 1.80. The second-order valence-corrected chi connectivity index (χ2v) is 15.1. The maximum Gasteiger partial charge on any atom is 0.164 e. The molecule has 9 aromatic carbocycles. The summed E-state index contributed by atoms with van der Waals surface area (Å²) in [7, 11) is 0. The van der Waals surface area contributed by atoms with Gasteiger partial charge in [0.2, 0.25) is 0 Å². The van der Waals surface area contributed by atoms with E-state index in [1.165, 1.54) is 52.5 Å². The van der Waals surface area contributed by atoms with Gasteiger partial charge in [-0.05, 0) is 85.6 Å². The summed E-state index contributed by atoms with van der Waals surface area (Å²) in [6.45, 7) is 0. The summed E-state index contributed by atoms with van der Waals surface area (Å²) in [5.41, 5.74) is 4.71. The van der Waals surface area contributed by atoms with Crippen LogP contribution in [0.5, 0.6) is 0 Å². The lowest BCUT2D eigenvalue weighted by atomic mass is 9.94. The summed E-state index contributed by atoms with van der Waals surface area (Å²) in [6, 6.07) is 58.1. The molecule has 54 heavy (non-hydrogen) atoms. The van der Waals surface area contributed by atoms with Crippen LogP contribution in [-0.4, -0.2) is 15.0 Å². The number of nitrogens with zero attached hydrogens (tertiary/aromatic N) is 3. The SMILES string of the molecule is c1ccc2cc(-c3nc(-c4ccc5c(ccc6ccc7cc8c(cc7c65)oc5ccccc58)c4)nc(-c4cccc5sc6ccccc6c45)n3)ccc2c1. The number of furan rings is 1. The van der Waals surface area contributed by atoms with Crippen LogP contribution in [0.2, 0.25) is 0 Å². The number of aromatic nitrogens is 3. The monoisotopic (exact) mass is 705 g/mol. The summed E-state index contributed by atoms with van der Waals surface area (Å²) in [6.07, 6.45) is 0. The first kappa shape index (κ1) is 29.6. The van der Waals surface area contributed by atoms with E-state index in [1.807, 2.05) is 12.1 Å². The minimum Gasteiger partial charge on any atom is -0.456 e. The zero-order valence-electron chi connectivity index (χ0n) is 28.7. The van der Waals surface area contributed by atoms with E-state index in [9.17, 15) is 0 Å². The number of hydrogen-bond donors (Lipinski definition) is 0. The largest absolute Gasteiger partial charge is 0.456 e. The van der Waals surface area contributed by atoms with Gasteiger partial charge >= 0.3 is 0 Å². The van der Waals surface area contributed by atoms with E-state index < -0.39 is 0 Å². The van der Waals surface area contributed by atoms with E-state index in [2.05, 4.69) is 152 Å². The van der Waals surface area contributed by atoms with Crippen LogP contribution < -0.4 is 0 Å². The van der Waals surface area contributed by atoms with E-state index in [0.29, 0.717) is 17.5 Å². The molecule has 0 amide bonds.